The van der Waals surface area contributed by atoms with E-state index < -0.39 is 10.0 Å². The highest BCUT2D eigenvalue weighted by Crippen LogP contribution is 2.25. The Hall–Kier alpha value is -4.02. The summed E-state index contributed by atoms with van der Waals surface area (Å²) in [6, 6.07) is 21.2. The van der Waals surface area contributed by atoms with Gasteiger partial charge in [0.2, 0.25) is 21.8 Å². The summed E-state index contributed by atoms with van der Waals surface area (Å²) in [5.74, 6) is 1.27. The van der Waals surface area contributed by atoms with E-state index in [1.54, 1.807) is 53.4 Å². The van der Waals surface area contributed by atoms with Gasteiger partial charge in [-0.25, -0.2) is 8.42 Å². The summed E-state index contributed by atoms with van der Waals surface area (Å²) in [4.78, 5) is 15.0. The van der Waals surface area contributed by atoms with Crippen LogP contribution in [-0.4, -0.2) is 66.5 Å². The maximum Gasteiger partial charge on any atom is 0.253 e. The third-order valence-corrected chi connectivity index (χ3v) is 8.31. The number of carbonyl (C=O) groups is 1. The van der Waals surface area contributed by atoms with Crippen molar-refractivity contribution in [3.8, 4) is 28.7 Å². The maximum atomic E-state index is 13.1. The second-order valence-electron chi connectivity index (χ2n) is 8.96. The number of nitrogens with zero attached hydrogens (tertiary/aromatic N) is 4. The molecule has 1 aromatic heterocycles. The highest BCUT2D eigenvalue weighted by atomic mass is 32.2. The van der Waals surface area contributed by atoms with Gasteiger partial charge in [-0.05, 0) is 74.5 Å². The van der Waals surface area contributed by atoms with Crippen LogP contribution >= 0.6 is 0 Å². The van der Waals surface area contributed by atoms with Crippen LogP contribution in [0, 0.1) is 6.92 Å². The number of hydrogen-bond donors (Lipinski definition) is 0. The van der Waals surface area contributed by atoms with Crippen molar-refractivity contribution in [1.29, 1.82) is 0 Å². The lowest BCUT2D eigenvalue weighted by Crippen LogP contribution is -2.50. The largest absolute Gasteiger partial charge is 0.494 e. The van der Waals surface area contributed by atoms with Gasteiger partial charge in [-0.3, -0.25) is 4.79 Å². The van der Waals surface area contributed by atoms with Crippen molar-refractivity contribution in [3.05, 3.63) is 83.9 Å². The van der Waals surface area contributed by atoms with E-state index in [1.807, 2.05) is 38.1 Å². The number of aromatic nitrogens is 2. The molecule has 0 bridgehead atoms. The zero-order chi connectivity index (χ0) is 26.7. The zero-order valence-corrected chi connectivity index (χ0v) is 22.0. The molecular formula is C28H28N4O5S. The van der Waals surface area contributed by atoms with Crippen molar-refractivity contribution in [3.63, 3.8) is 0 Å². The Morgan fingerprint density at radius 1 is 0.842 bits per heavy atom. The molecule has 1 aliphatic heterocycles. The molecule has 0 aliphatic carbocycles. The van der Waals surface area contributed by atoms with Crippen molar-refractivity contribution in [2.75, 3.05) is 32.8 Å². The number of carbonyl (C=O) groups excluding carboxylic acids is 1. The van der Waals surface area contributed by atoms with Gasteiger partial charge in [0.15, 0.2) is 0 Å². The lowest BCUT2D eigenvalue weighted by molar-refractivity contribution is 0.0698. The highest BCUT2D eigenvalue weighted by Gasteiger charge is 2.30. The Morgan fingerprint density at radius 2 is 1.39 bits per heavy atom. The minimum Gasteiger partial charge on any atom is -0.494 e. The third kappa shape index (κ3) is 5.32. The molecule has 9 nitrogen and oxygen atoms in total. The number of amides is 1. The van der Waals surface area contributed by atoms with Crippen molar-refractivity contribution in [1.82, 2.24) is 19.4 Å². The van der Waals surface area contributed by atoms with E-state index in [4.69, 9.17) is 9.15 Å². The van der Waals surface area contributed by atoms with Gasteiger partial charge in [0, 0.05) is 42.9 Å². The van der Waals surface area contributed by atoms with Gasteiger partial charge in [0.05, 0.1) is 11.5 Å². The molecule has 10 heteroatoms. The van der Waals surface area contributed by atoms with Gasteiger partial charge < -0.3 is 14.1 Å². The van der Waals surface area contributed by atoms with E-state index in [1.165, 1.54) is 4.31 Å². The molecule has 4 aromatic rings. The number of ether oxygens (including phenoxy) is 1. The smallest absolute Gasteiger partial charge is 0.253 e. The van der Waals surface area contributed by atoms with Crippen LogP contribution in [0.15, 0.2) is 82.1 Å². The molecule has 0 atom stereocenters. The topological polar surface area (TPSA) is 106 Å². The number of hydrogen-bond acceptors (Lipinski definition) is 7. The van der Waals surface area contributed by atoms with Crippen LogP contribution in [0.4, 0.5) is 0 Å². The SMILES string of the molecule is CCOc1ccc(S(=O)(=O)N2CCN(C(=O)c3ccc(-c4nnc(-c5ccc(C)cc5)o4)cc3)CC2)cc1. The van der Waals surface area contributed by atoms with E-state index in [-0.39, 0.29) is 23.9 Å². The first kappa shape index (κ1) is 25.6. The molecule has 38 heavy (non-hydrogen) atoms. The number of benzene rings is 3. The number of piperazine rings is 1. The lowest BCUT2D eigenvalue weighted by Gasteiger charge is -2.34. The third-order valence-electron chi connectivity index (χ3n) is 6.40. The van der Waals surface area contributed by atoms with Crippen LogP contribution in [-0.2, 0) is 10.0 Å². The Morgan fingerprint density at radius 3 is 1.95 bits per heavy atom. The van der Waals surface area contributed by atoms with Crippen LogP contribution in [0.3, 0.4) is 0 Å². The molecule has 2 heterocycles. The predicted octanol–water partition coefficient (Wildman–Crippen LogP) is 4.26. The summed E-state index contributed by atoms with van der Waals surface area (Å²) in [5, 5.41) is 8.27. The highest BCUT2D eigenvalue weighted by molar-refractivity contribution is 7.89. The van der Waals surface area contributed by atoms with E-state index in [0.717, 1.165) is 11.1 Å². The first-order valence-corrected chi connectivity index (χ1v) is 13.8. The first-order chi connectivity index (χ1) is 18.3. The van der Waals surface area contributed by atoms with Crippen molar-refractivity contribution in [2.24, 2.45) is 0 Å². The Labute approximate surface area is 221 Å². The summed E-state index contributed by atoms with van der Waals surface area (Å²) in [6.45, 7) is 5.46. The molecule has 0 unspecified atom stereocenters. The molecule has 1 fully saturated rings. The molecular weight excluding hydrogens is 504 g/mol. The van der Waals surface area contributed by atoms with Crippen LogP contribution < -0.4 is 4.74 Å². The van der Waals surface area contributed by atoms with Gasteiger partial charge >= 0.3 is 0 Å². The normalized spacial score (nSPS) is 14.4. The minimum absolute atomic E-state index is 0.152. The first-order valence-electron chi connectivity index (χ1n) is 12.4. The molecule has 0 N–H and O–H groups in total. The molecule has 0 spiro atoms. The lowest BCUT2D eigenvalue weighted by atomic mass is 10.1. The van der Waals surface area contributed by atoms with Gasteiger partial charge in [-0.1, -0.05) is 17.7 Å². The second kappa shape index (κ2) is 10.8. The Bertz CT molecular complexity index is 1510. The predicted molar refractivity (Wildman–Crippen MR) is 142 cm³/mol. The fourth-order valence-corrected chi connectivity index (χ4v) is 5.67. The standard InChI is InChI=1S/C28H28N4O5S/c1-3-36-24-12-14-25(15-13-24)38(34,35)32-18-16-31(17-19-32)28(33)23-10-8-22(9-11-23)27-30-29-26(37-27)21-6-4-20(2)5-7-21/h4-15H,3,16-19H2,1-2H3. The molecule has 0 radical (unpaired) electrons. The molecule has 1 amide bonds. The zero-order valence-electron chi connectivity index (χ0n) is 21.2. The van der Waals surface area contributed by atoms with E-state index in [0.29, 0.717) is 48.4 Å². The minimum atomic E-state index is -3.65. The van der Waals surface area contributed by atoms with E-state index in [9.17, 15) is 13.2 Å². The van der Waals surface area contributed by atoms with Crippen LogP contribution in [0.2, 0.25) is 0 Å². The van der Waals surface area contributed by atoms with Crippen LogP contribution in [0.25, 0.3) is 22.9 Å². The summed E-state index contributed by atoms with van der Waals surface area (Å²) < 4.78 is 38.7. The average molecular weight is 533 g/mol. The van der Waals surface area contributed by atoms with E-state index >= 15 is 0 Å². The number of sulfonamides is 1. The quantitative estimate of drug-likeness (QED) is 0.350. The molecule has 0 saturated carbocycles. The van der Waals surface area contributed by atoms with Gasteiger partial charge in [-0.2, -0.15) is 4.31 Å². The molecule has 3 aromatic carbocycles. The number of rotatable bonds is 7. The van der Waals surface area contributed by atoms with Crippen LogP contribution in [0.1, 0.15) is 22.8 Å². The molecule has 1 saturated heterocycles. The van der Waals surface area contributed by atoms with Crippen molar-refractivity contribution in [2.45, 2.75) is 18.7 Å². The molecule has 1 aliphatic rings. The molecule has 5 rings (SSSR count). The summed E-state index contributed by atoms with van der Waals surface area (Å²) in [5.41, 5.74) is 3.20. The fraction of sp³-hybridized carbons (Fsp3) is 0.250. The Kier molecular flexibility index (Phi) is 7.26. The van der Waals surface area contributed by atoms with Crippen LogP contribution in [0.5, 0.6) is 5.75 Å². The van der Waals surface area contributed by atoms with Gasteiger partial charge in [-0.15, -0.1) is 10.2 Å². The Balaban J connectivity index is 1.21. The maximum absolute atomic E-state index is 13.1. The van der Waals surface area contributed by atoms with E-state index in [2.05, 4.69) is 10.2 Å². The summed E-state index contributed by atoms with van der Waals surface area (Å²) in [6.07, 6.45) is 0. The molecule has 196 valence electrons. The van der Waals surface area contributed by atoms with Crippen molar-refractivity contribution < 1.29 is 22.4 Å². The van der Waals surface area contributed by atoms with Gasteiger partial charge in [0.25, 0.3) is 5.91 Å². The second-order valence-corrected chi connectivity index (χ2v) is 10.9. The fourth-order valence-electron chi connectivity index (χ4n) is 4.25. The average Bonchev–Trinajstić information content (AvgIpc) is 3.44. The number of aryl methyl sites for hydroxylation is 1. The summed E-state index contributed by atoms with van der Waals surface area (Å²) >= 11 is 0. The van der Waals surface area contributed by atoms with Crippen molar-refractivity contribution >= 4 is 15.9 Å². The summed E-state index contributed by atoms with van der Waals surface area (Å²) in [7, 11) is -3.65. The monoisotopic (exact) mass is 532 g/mol. The van der Waals surface area contributed by atoms with Gasteiger partial charge in [0.1, 0.15) is 5.75 Å².